The van der Waals surface area contributed by atoms with E-state index in [0.717, 1.165) is 18.0 Å². The van der Waals surface area contributed by atoms with Crippen molar-refractivity contribution in [1.82, 2.24) is 0 Å². The molecule has 0 radical (unpaired) electrons. The molecule has 1 rings (SSSR count). The van der Waals surface area contributed by atoms with E-state index in [1.807, 2.05) is 30.0 Å². The number of anilines is 1. The summed E-state index contributed by atoms with van der Waals surface area (Å²) >= 11 is 1.99. The highest BCUT2D eigenvalue weighted by Crippen LogP contribution is 2.24. The fourth-order valence-electron chi connectivity index (χ4n) is 1.51. The monoisotopic (exact) mass is 253 g/mol. The molecule has 0 bridgehead atoms. The van der Waals surface area contributed by atoms with Gasteiger partial charge in [0.1, 0.15) is 5.75 Å². The molecular weight excluding hydrogens is 230 g/mol. The van der Waals surface area contributed by atoms with Crippen LogP contribution in [0.3, 0.4) is 0 Å². The molecule has 0 saturated carbocycles. The second kappa shape index (κ2) is 8.29. The first-order valence-electron chi connectivity index (χ1n) is 6.31. The molecular formula is C14H23NOS. The molecule has 0 aromatic heterocycles. The number of thioether (sulfide) groups is 1. The summed E-state index contributed by atoms with van der Waals surface area (Å²) in [4.78, 5) is 0. The number of hydrogen-bond acceptors (Lipinski definition) is 3. The zero-order valence-corrected chi connectivity index (χ0v) is 11.8. The zero-order valence-electron chi connectivity index (χ0n) is 11.0. The van der Waals surface area contributed by atoms with Gasteiger partial charge in [-0.05, 0) is 43.9 Å². The Bertz CT molecular complexity index is 315. The predicted molar refractivity (Wildman–Crippen MR) is 78.3 cm³/mol. The minimum absolute atomic E-state index is 0.216. The van der Waals surface area contributed by atoms with Gasteiger partial charge in [-0.3, -0.25) is 0 Å². The van der Waals surface area contributed by atoms with E-state index in [0.29, 0.717) is 0 Å². The molecule has 96 valence electrons. The van der Waals surface area contributed by atoms with Gasteiger partial charge in [-0.25, -0.2) is 0 Å². The zero-order chi connectivity index (χ0) is 12.5. The minimum atomic E-state index is 0.216. The predicted octanol–water partition coefficient (Wildman–Crippen LogP) is 4.03. The summed E-state index contributed by atoms with van der Waals surface area (Å²) in [6.45, 7) is 7.30. The van der Waals surface area contributed by atoms with Crippen molar-refractivity contribution >= 4 is 17.4 Å². The molecule has 1 aromatic rings. The van der Waals surface area contributed by atoms with E-state index in [4.69, 9.17) is 4.74 Å². The van der Waals surface area contributed by atoms with Crippen molar-refractivity contribution in [3.8, 4) is 5.75 Å². The van der Waals surface area contributed by atoms with Gasteiger partial charge >= 0.3 is 0 Å². The summed E-state index contributed by atoms with van der Waals surface area (Å²) in [5, 5.41) is 3.44. The Hall–Kier alpha value is -0.830. The van der Waals surface area contributed by atoms with E-state index in [1.54, 1.807) is 0 Å². The van der Waals surface area contributed by atoms with E-state index in [9.17, 15) is 0 Å². The van der Waals surface area contributed by atoms with Gasteiger partial charge in [-0.2, -0.15) is 11.8 Å². The van der Waals surface area contributed by atoms with Gasteiger partial charge in [0.05, 0.1) is 11.8 Å². The van der Waals surface area contributed by atoms with Gasteiger partial charge in [0, 0.05) is 6.54 Å². The lowest BCUT2D eigenvalue weighted by Crippen LogP contribution is -2.09. The van der Waals surface area contributed by atoms with E-state index in [1.165, 1.54) is 17.9 Å². The third-order valence-corrected chi connectivity index (χ3v) is 3.22. The molecule has 1 N–H and O–H groups in total. The van der Waals surface area contributed by atoms with Crippen molar-refractivity contribution in [3.05, 3.63) is 24.3 Å². The Morgan fingerprint density at radius 1 is 1.29 bits per heavy atom. The maximum Gasteiger partial charge on any atom is 0.142 e. The van der Waals surface area contributed by atoms with Gasteiger partial charge in [-0.1, -0.05) is 19.1 Å². The van der Waals surface area contributed by atoms with Crippen LogP contribution >= 0.6 is 11.8 Å². The quantitative estimate of drug-likeness (QED) is 0.707. The third kappa shape index (κ3) is 5.87. The fraction of sp³-hybridized carbons (Fsp3) is 0.571. The van der Waals surface area contributed by atoms with Crippen molar-refractivity contribution in [2.24, 2.45) is 0 Å². The Balaban J connectivity index is 2.40. The number of para-hydroxylation sites is 2. The molecule has 0 saturated heterocycles. The molecule has 0 aliphatic heterocycles. The first-order valence-corrected chi connectivity index (χ1v) is 7.46. The van der Waals surface area contributed by atoms with Gasteiger partial charge in [0.15, 0.2) is 0 Å². The van der Waals surface area contributed by atoms with Crippen LogP contribution in [0.5, 0.6) is 5.75 Å². The highest BCUT2D eigenvalue weighted by atomic mass is 32.2. The van der Waals surface area contributed by atoms with Gasteiger partial charge in [0.2, 0.25) is 0 Å². The van der Waals surface area contributed by atoms with Crippen molar-refractivity contribution < 1.29 is 4.74 Å². The number of ether oxygens (including phenoxy) is 1. The lowest BCUT2D eigenvalue weighted by atomic mass is 10.3. The average Bonchev–Trinajstić information content (AvgIpc) is 2.30. The normalized spacial score (nSPS) is 10.6. The van der Waals surface area contributed by atoms with Crippen LogP contribution in [-0.2, 0) is 0 Å². The van der Waals surface area contributed by atoms with Crippen LogP contribution in [0.1, 0.15) is 27.2 Å². The van der Waals surface area contributed by atoms with E-state index < -0.39 is 0 Å². The smallest absolute Gasteiger partial charge is 0.142 e. The Kier molecular flexibility index (Phi) is 6.94. The maximum absolute atomic E-state index is 5.76. The van der Waals surface area contributed by atoms with Gasteiger partial charge in [0.25, 0.3) is 0 Å². The molecule has 17 heavy (non-hydrogen) atoms. The average molecular weight is 253 g/mol. The van der Waals surface area contributed by atoms with Crippen LogP contribution in [0, 0.1) is 0 Å². The van der Waals surface area contributed by atoms with Crippen molar-refractivity contribution in [2.75, 3.05) is 23.4 Å². The van der Waals surface area contributed by atoms with Crippen LogP contribution in [0.2, 0.25) is 0 Å². The summed E-state index contributed by atoms with van der Waals surface area (Å²) in [5.74, 6) is 3.37. The summed E-state index contributed by atoms with van der Waals surface area (Å²) in [5.41, 5.74) is 1.10. The topological polar surface area (TPSA) is 21.3 Å². The lowest BCUT2D eigenvalue weighted by Gasteiger charge is -2.15. The molecule has 0 spiro atoms. The maximum atomic E-state index is 5.76. The second-order valence-corrected chi connectivity index (χ2v) is 5.53. The molecule has 3 heteroatoms. The molecule has 0 aliphatic rings. The van der Waals surface area contributed by atoms with E-state index in [2.05, 4.69) is 32.2 Å². The van der Waals surface area contributed by atoms with Crippen LogP contribution in [0.25, 0.3) is 0 Å². The van der Waals surface area contributed by atoms with Crippen LogP contribution in [0.15, 0.2) is 24.3 Å². The molecule has 0 amide bonds. The number of rotatable bonds is 8. The first-order chi connectivity index (χ1) is 8.24. The number of nitrogens with one attached hydrogen (secondary N) is 1. The third-order valence-electron chi connectivity index (χ3n) is 2.23. The van der Waals surface area contributed by atoms with Crippen LogP contribution < -0.4 is 10.1 Å². The largest absolute Gasteiger partial charge is 0.489 e. The fourth-order valence-corrected chi connectivity index (χ4v) is 2.15. The minimum Gasteiger partial charge on any atom is -0.489 e. The summed E-state index contributed by atoms with van der Waals surface area (Å²) in [6, 6.07) is 8.14. The highest BCUT2D eigenvalue weighted by Gasteiger charge is 2.03. The van der Waals surface area contributed by atoms with Gasteiger partial charge in [-0.15, -0.1) is 0 Å². The summed E-state index contributed by atoms with van der Waals surface area (Å²) in [7, 11) is 0. The Morgan fingerprint density at radius 3 is 2.76 bits per heavy atom. The molecule has 1 aromatic carbocycles. The SMILES string of the molecule is CCSCCCNc1ccccc1OC(C)C. The molecule has 0 aliphatic carbocycles. The summed E-state index contributed by atoms with van der Waals surface area (Å²) < 4.78 is 5.76. The second-order valence-electron chi connectivity index (χ2n) is 4.14. The summed E-state index contributed by atoms with van der Waals surface area (Å²) in [6.07, 6.45) is 1.41. The van der Waals surface area contributed by atoms with Crippen LogP contribution in [0.4, 0.5) is 5.69 Å². The van der Waals surface area contributed by atoms with Crippen molar-refractivity contribution in [1.29, 1.82) is 0 Å². The molecule has 0 unspecified atom stereocenters. The standard InChI is InChI=1S/C14H23NOS/c1-4-17-11-7-10-15-13-8-5-6-9-14(13)16-12(2)3/h5-6,8-9,12,15H,4,7,10-11H2,1-3H3. The first kappa shape index (κ1) is 14.2. The highest BCUT2D eigenvalue weighted by molar-refractivity contribution is 7.99. The molecule has 2 nitrogen and oxygen atoms in total. The number of benzene rings is 1. The van der Waals surface area contributed by atoms with Gasteiger partial charge < -0.3 is 10.1 Å². The van der Waals surface area contributed by atoms with Crippen molar-refractivity contribution in [2.45, 2.75) is 33.3 Å². The molecule has 0 atom stereocenters. The Labute approximate surface area is 109 Å². The lowest BCUT2D eigenvalue weighted by molar-refractivity contribution is 0.243. The molecule has 0 heterocycles. The Morgan fingerprint density at radius 2 is 2.06 bits per heavy atom. The van der Waals surface area contributed by atoms with E-state index in [-0.39, 0.29) is 6.10 Å². The number of hydrogen-bond donors (Lipinski definition) is 1. The van der Waals surface area contributed by atoms with Crippen molar-refractivity contribution in [3.63, 3.8) is 0 Å². The van der Waals surface area contributed by atoms with E-state index >= 15 is 0 Å². The van der Waals surface area contributed by atoms with Crippen LogP contribution in [-0.4, -0.2) is 24.2 Å². The molecule has 0 fully saturated rings.